The Morgan fingerprint density at radius 3 is 2.95 bits per heavy atom. The van der Waals surface area contributed by atoms with Gasteiger partial charge in [0.05, 0.1) is 6.04 Å². The van der Waals surface area contributed by atoms with Crippen LogP contribution < -0.4 is 16.4 Å². The number of benzene rings is 1. The van der Waals surface area contributed by atoms with Gasteiger partial charge < -0.3 is 16.4 Å². The summed E-state index contributed by atoms with van der Waals surface area (Å²) in [4.78, 5) is 23.2. The molecule has 1 aromatic carbocycles. The van der Waals surface area contributed by atoms with Crippen molar-refractivity contribution in [2.75, 3.05) is 6.54 Å². The normalized spacial score (nSPS) is 22.2. The lowest BCUT2D eigenvalue weighted by molar-refractivity contribution is -0.124. The molecule has 4 N–H and O–H groups in total. The summed E-state index contributed by atoms with van der Waals surface area (Å²) in [5.74, 6) is 0.132. The number of amides is 2. The van der Waals surface area contributed by atoms with Gasteiger partial charge in [-0.1, -0.05) is 19.1 Å². The van der Waals surface area contributed by atoms with Crippen molar-refractivity contribution < 1.29 is 9.59 Å². The molecule has 2 atom stereocenters. The lowest BCUT2D eigenvalue weighted by Gasteiger charge is -2.27. The molecule has 1 heterocycles. The van der Waals surface area contributed by atoms with Gasteiger partial charge in [0.1, 0.15) is 0 Å². The molecular formula is C15H21N3O2. The quantitative estimate of drug-likeness (QED) is 0.759. The molecule has 0 aromatic heterocycles. The van der Waals surface area contributed by atoms with Gasteiger partial charge in [0.25, 0.3) is 0 Å². The molecule has 108 valence electrons. The Balaban J connectivity index is 1.89. The van der Waals surface area contributed by atoms with E-state index >= 15 is 0 Å². The predicted molar refractivity (Wildman–Crippen MR) is 77.0 cm³/mol. The molecule has 20 heavy (non-hydrogen) atoms. The standard InChI is InChI=1S/C15H21N3O2/c1-10-5-6-17-13(7-10)15(20)18-9-11-3-2-4-12(8-11)14(16)19/h2-4,8,10,13,17H,5-7,9H2,1H3,(H2,16,19)(H,18,20). The number of nitrogens with two attached hydrogens (primary N) is 1. The van der Waals surface area contributed by atoms with E-state index in [-0.39, 0.29) is 11.9 Å². The fraction of sp³-hybridized carbons (Fsp3) is 0.467. The Hall–Kier alpha value is -1.88. The first-order valence-corrected chi connectivity index (χ1v) is 6.96. The number of carbonyl (C=O) groups is 2. The van der Waals surface area contributed by atoms with Crippen LogP contribution in [0, 0.1) is 5.92 Å². The molecular weight excluding hydrogens is 254 g/mol. The van der Waals surface area contributed by atoms with Crippen molar-refractivity contribution in [3.63, 3.8) is 0 Å². The highest BCUT2D eigenvalue weighted by Crippen LogP contribution is 2.15. The van der Waals surface area contributed by atoms with E-state index in [4.69, 9.17) is 5.73 Å². The molecule has 5 heteroatoms. The Bertz CT molecular complexity index is 502. The van der Waals surface area contributed by atoms with Gasteiger partial charge in [-0.15, -0.1) is 0 Å². The van der Waals surface area contributed by atoms with Crippen molar-refractivity contribution in [1.82, 2.24) is 10.6 Å². The highest BCUT2D eigenvalue weighted by atomic mass is 16.2. The lowest BCUT2D eigenvalue weighted by Crippen LogP contribution is -2.48. The maximum Gasteiger partial charge on any atom is 0.248 e. The summed E-state index contributed by atoms with van der Waals surface area (Å²) in [7, 11) is 0. The van der Waals surface area contributed by atoms with E-state index in [9.17, 15) is 9.59 Å². The zero-order chi connectivity index (χ0) is 14.5. The van der Waals surface area contributed by atoms with Crippen LogP contribution in [-0.2, 0) is 11.3 Å². The minimum Gasteiger partial charge on any atom is -0.366 e. The van der Waals surface area contributed by atoms with Crippen LogP contribution in [0.25, 0.3) is 0 Å². The molecule has 0 spiro atoms. The summed E-state index contributed by atoms with van der Waals surface area (Å²) in [5.41, 5.74) is 6.57. The van der Waals surface area contributed by atoms with Crippen LogP contribution in [0.4, 0.5) is 0 Å². The number of nitrogens with one attached hydrogen (secondary N) is 2. The van der Waals surface area contributed by atoms with E-state index in [1.54, 1.807) is 18.2 Å². The van der Waals surface area contributed by atoms with Crippen LogP contribution in [0.15, 0.2) is 24.3 Å². The van der Waals surface area contributed by atoms with Crippen LogP contribution in [-0.4, -0.2) is 24.4 Å². The zero-order valence-electron chi connectivity index (χ0n) is 11.7. The summed E-state index contributed by atoms with van der Waals surface area (Å²) < 4.78 is 0. The van der Waals surface area contributed by atoms with E-state index in [0.29, 0.717) is 18.0 Å². The van der Waals surface area contributed by atoms with Gasteiger partial charge in [-0.3, -0.25) is 9.59 Å². The van der Waals surface area contributed by atoms with Gasteiger partial charge in [-0.2, -0.15) is 0 Å². The third-order valence-corrected chi connectivity index (χ3v) is 3.66. The summed E-state index contributed by atoms with van der Waals surface area (Å²) in [6.45, 7) is 3.46. The van der Waals surface area contributed by atoms with Crippen molar-refractivity contribution in [2.45, 2.75) is 32.4 Å². The highest BCUT2D eigenvalue weighted by Gasteiger charge is 2.24. The van der Waals surface area contributed by atoms with Gasteiger partial charge in [0.15, 0.2) is 0 Å². The van der Waals surface area contributed by atoms with Crippen molar-refractivity contribution in [3.8, 4) is 0 Å². The average Bonchev–Trinajstić information content (AvgIpc) is 2.45. The number of primary amides is 1. The average molecular weight is 275 g/mol. The molecule has 0 radical (unpaired) electrons. The molecule has 1 aliphatic rings. The number of hydrogen-bond donors (Lipinski definition) is 3. The summed E-state index contributed by atoms with van der Waals surface area (Å²) in [5, 5.41) is 6.13. The van der Waals surface area contributed by atoms with Gasteiger partial charge in [0.2, 0.25) is 11.8 Å². The second kappa shape index (κ2) is 6.52. The predicted octanol–water partition coefficient (Wildman–Crippen LogP) is 0.790. The van der Waals surface area contributed by atoms with Crippen molar-refractivity contribution in [2.24, 2.45) is 11.7 Å². The molecule has 5 nitrogen and oxygen atoms in total. The Morgan fingerprint density at radius 2 is 2.25 bits per heavy atom. The Morgan fingerprint density at radius 1 is 1.45 bits per heavy atom. The fourth-order valence-corrected chi connectivity index (χ4v) is 2.45. The number of carbonyl (C=O) groups excluding carboxylic acids is 2. The molecule has 0 bridgehead atoms. The molecule has 1 saturated heterocycles. The van der Waals surface area contributed by atoms with Crippen molar-refractivity contribution in [3.05, 3.63) is 35.4 Å². The highest BCUT2D eigenvalue weighted by molar-refractivity contribution is 5.92. The van der Waals surface area contributed by atoms with Gasteiger partial charge in [-0.25, -0.2) is 0 Å². The Labute approximate surface area is 118 Å². The molecule has 1 aliphatic heterocycles. The summed E-state index contributed by atoms with van der Waals surface area (Å²) in [6.07, 6.45) is 1.98. The zero-order valence-corrected chi connectivity index (χ0v) is 11.7. The molecule has 0 aliphatic carbocycles. The van der Waals surface area contributed by atoms with Crippen LogP contribution in [0.1, 0.15) is 35.7 Å². The van der Waals surface area contributed by atoms with E-state index < -0.39 is 5.91 Å². The van der Waals surface area contributed by atoms with E-state index in [2.05, 4.69) is 17.6 Å². The lowest BCUT2D eigenvalue weighted by atomic mass is 9.94. The van der Waals surface area contributed by atoms with Gasteiger partial charge in [0, 0.05) is 12.1 Å². The largest absolute Gasteiger partial charge is 0.366 e. The van der Waals surface area contributed by atoms with Crippen molar-refractivity contribution >= 4 is 11.8 Å². The number of hydrogen-bond acceptors (Lipinski definition) is 3. The third-order valence-electron chi connectivity index (χ3n) is 3.66. The van der Waals surface area contributed by atoms with Crippen LogP contribution >= 0.6 is 0 Å². The molecule has 2 unspecified atom stereocenters. The molecule has 1 aromatic rings. The monoisotopic (exact) mass is 275 g/mol. The van der Waals surface area contributed by atoms with E-state index in [0.717, 1.165) is 24.9 Å². The first-order chi connectivity index (χ1) is 9.56. The SMILES string of the molecule is CC1CCNC(C(=O)NCc2cccc(C(N)=O)c2)C1. The molecule has 2 rings (SSSR count). The molecule has 0 saturated carbocycles. The maximum atomic E-state index is 12.1. The van der Waals surface area contributed by atoms with E-state index in [1.165, 1.54) is 0 Å². The minimum absolute atomic E-state index is 0.0148. The fourth-order valence-electron chi connectivity index (χ4n) is 2.45. The number of rotatable bonds is 4. The Kier molecular flexibility index (Phi) is 4.74. The van der Waals surface area contributed by atoms with Gasteiger partial charge >= 0.3 is 0 Å². The van der Waals surface area contributed by atoms with Crippen molar-refractivity contribution in [1.29, 1.82) is 0 Å². The summed E-state index contributed by atoms with van der Waals surface area (Å²) in [6, 6.07) is 6.89. The van der Waals surface area contributed by atoms with Crippen LogP contribution in [0.3, 0.4) is 0 Å². The topological polar surface area (TPSA) is 84.2 Å². The maximum absolute atomic E-state index is 12.1. The molecule has 2 amide bonds. The summed E-state index contributed by atoms with van der Waals surface area (Å²) >= 11 is 0. The second-order valence-electron chi connectivity index (χ2n) is 5.42. The minimum atomic E-state index is -0.457. The first-order valence-electron chi connectivity index (χ1n) is 6.96. The number of piperidine rings is 1. The smallest absolute Gasteiger partial charge is 0.248 e. The van der Waals surface area contributed by atoms with Crippen LogP contribution in [0.5, 0.6) is 0 Å². The van der Waals surface area contributed by atoms with Crippen LogP contribution in [0.2, 0.25) is 0 Å². The first kappa shape index (κ1) is 14.5. The van der Waals surface area contributed by atoms with Gasteiger partial charge in [-0.05, 0) is 43.0 Å². The van der Waals surface area contributed by atoms with E-state index in [1.807, 2.05) is 6.07 Å². The second-order valence-corrected chi connectivity index (χ2v) is 5.42. The third kappa shape index (κ3) is 3.81. The molecule has 1 fully saturated rings.